The lowest BCUT2D eigenvalue weighted by Crippen LogP contribution is -1.99. The maximum Gasteiger partial charge on any atom is 0.189 e. The van der Waals surface area contributed by atoms with Gasteiger partial charge in [-0.05, 0) is 31.4 Å². The Balaban J connectivity index is 1.28. The maximum atomic E-state index is 6.21. The van der Waals surface area contributed by atoms with Crippen LogP contribution in [0.1, 0.15) is 108 Å². The highest BCUT2D eigenvalue weighted by Gasteiger charge is 2.14. The van der Waals surface area contributed by atoms with Gasteiger partial charge in [0, 0.05) is 11.9 Å². The second kappa shape index (κ2) is 17.4. The Bertz CT molecular complexity index is 973. The number of aromatic nitrogens is 3. The van der Waals surface area contributed by atoms with Gasteiger partial charge in [-0.15, -0.1) is 0 Å². The molecule has 36 heavy (non-hydrogen) atoms. The summed E-state index contributed by atoms with van der Waals surface area (Å²) in [5.74, 6) is 1.89. The monoisotopic (exact) mass is 509 g/mol. The number of nitrogens with zero attached hydrogens (tertiary/aromatic N) is 3. The molecule has 0 bridgehead atoms. The molecule has 0 saturated heterocycles. The molecular weight excluding hydrogens is 462 g/mol. The van der Waals surface area contributed by atoms with Gasteiger partial charge in [0.25, 0.3) is 0 Å². The summed E-state index contributed by atoms with van der Waals surface area (Å²) < 4.78 is 8.16. The van der Waals surface area contributed by atoms with Crippen molar-refractivity contribution >= 4 is 17.3 Å². The van der Waals surface area contributed by atoms with Gasteiger partial charge in [-0.25, -0.2) is 9.50 Å². The van der Waals surface area contributed by atoms with E-state index in [4.69, 9.17) is 9.84 Å². The molecule has 1 aromatic carbocycles. The molecule has 0 aliphatic carbocycles. The lowest BCUT2D eigenvalue weighted by atomic mass is 10.0. The third-order valence-corrected chi connectivity index (χ3v) is 7.79. The minimum atomic E-state index is 0.763. The van der Waals surface area contributed by atoms with Crippen molar-refractivity contribution in [2.75, 3.05) is 12.4 Å². The average molecular weight is 510 g/mol. The van der Waals surface area contributed by atoms with Crippen molar-refractivity contribution in [2.24, 2.45) is 0 Å². The summed E-state index contributed by atoms with van der Waals surface area (Å²) in [6.45, 7) is 5.09. The molecule has 3 aromatic rings. The van der Waals surface area contributed by atoms with Crippen molar-refractivity contribution in [1.82, 2.24) is 14.6 Å². The van der Waals surface area contributed by atoms with Crippen molar-refractivity contribution in [1.29, 1.82) is 0 Å². The van der Waals surface area contributed by atoms with E-state index in [1.165, 1.54) is 89.0 Å². The first kappa shape index (κ1) is 28.6. The molecule has 5 heteroatoms. The zero-order valence-corrected chi connectivity index (χ0v) is 23.5. The molecule has 2 aromatic heterocycles. The molecule has 0 atom stereocenters. The fraction of sp³-hybridized carbons (Fsp3) is 0.613. The van der Waals surface area contributed by atoms with Gasteiger partial charge in [-0.3, -0.25) is 0 Å². The van der Waals surface area contributed by atoms with E-state index in [2.05, 4.69) is 42.2 Å². The summed E-state index contributed by atoms with van der Waals surface area (Å²) in [7, 11) is 0. The van der Waals surface area contributed by atoms with Crippen LogP contribution in [0.4, 0.5) is 0 Å². The summed E-state index contributed by atoms with van der Waals surface area (Å²) in [4.78, 5) is 4.58. The quantitative estimate of drug-likeness (QED) is 0.0864. The molecule has 3 rings (SSSR count). The second-order valence-corrected chi connectivity index (χ2v) is 11.0. The van der Waals surface area contributed by atoms with E-state index in [-0.39, 0.29) is 0 Å². The van der Waals surface area contributed by atoms with Crippen molar-refractivity contribution in [3.05, 3.63) is 53.9 Å². The topological polar surface area (TPSA) is 39.4 Å². The standard InChI is InChI=1S/C31H47N3OS/c1-3-4-5-6-7-8-9-10-11-12-13-14-15-19-25-35-30-27(2)33-34-29(30)22-24-32-31(34)36-26-23-28-20-17-16-18-21-28/h16-18,20-22,24H,3-15,19,23,25-26H2,1-2H3. The Kier molecular flexibility index (Phi) is 13.8. The minimum Gasteiger partial charge on any atom is -0.489 e. The van der Waals surface area contributed by atoms with Crippen LogP contribution in [0.3, 0.4) is 0 Å². The number of unbranched alkanes of at least 4 members (excludes halogenated alkanes) is 13. The number of hydrogen-bond donors (Lipinski definition) is 0. The third kappa shape index (κ3) is 10.2. The number of aryl methyl sites for hydroxylation is 2. The van der Waals surface area contributed by atoms with E-state index >= 15 is 0 Å². The number of hydrogen-bond acceptors (Lipinski definition) is 4. The molecule has 0 spiro atoms. The van der Waals surface area contributed by atoms with Gasteiger partial charge in [0.15, 0.2) is 10.9 Å². The van der Waals surface area contributed by atoms with Crippen LogP contribution in [0.25, 0.3) is 5.52 Å². The van der Waals surface area contributed by atoms with E-state index < -0.39 is 0 Å². The van der Waals surface area contributed by atoms with E-state index in [9.17, 15) is 0 Å². The smallest absolute Gasteiger partial charge is 0.189 e. The lowest BCUT2D eigenvalue weighted by Gasteiger charge is -2.07. The molecule has 0 amide bonds. The Morgan fingerprint density at radius 2 is 1.39 bits per heavy atom. The second-order valence-electron chi connectivity index (χ2n) is 9.97. The zero-order chi connectivity index (χ0) is 25.3. The Morgan fingerprint density at radius 1 is 0.778 bits per heavy atom. The van der Waals surface area contributed by atoms with Crippen LogP contribution in [0.2, 0.25) is 0 Å². The molecule has 0 aliphatic rings. The fourth-order valence-corrected chi connectivity index (χ4v) is 5.62. The predicted molar refractivity (Wildman–Crippen MR) is 154 cm³/mol. The Hall–Kier alpha value is -2.01. The van der Waals surface area contributed by atoms with Crippen LogP contribution in [-0.2, 0) is 6.42 Å². The molecular formula is C31H47N3OS. The number of fused-ring (bicyclic) bond motifs is 1. The maximum absolute atomic E-state index is 6.21. The van der Waals surface area contributed by atoms with Gasteiger partial charge in [0.1, 0.15) is 11.2 Å². The van der Waals surface area contributed by atoms with Gasteiger partial charge >= 0.3 is 0 Å². The molecule has 0 unspecified atom stereocenters. The van der Waals surface area contributed by atoms with Crippen LogP contribution < -0.4 is 4.74 Å². The summed E-state index contributed by atoms with van der Waals surface area (Å²) in [5.41, 5.74) is 3.32. The average Bonchev–Trinajstić information content (AvgIpc) is 3.22. The number of rotatable bonds is 20. The summed E-state index contributed by atoms with van der Waals surface area (Å²) in [6, 6.07) is 12.6. The molecule has 0 saturated carbocycles. The van der Waals surface area contributed by atoms with Gasteiger partial charge < -0.3 is 4.74 Å². The summed E-state index contributed by atoms with van der Waals surface area (Å²) in [6.07, 6.45) is 22.1. The van der Waals surface area contributed by atoms with Gasteiger partial charge in [-0.2, -0.15) is 5.10 Å². The first-order valence-corrected chi connectivity index (χ1v) is 15.4. The Labute approximate surface area is 223 Å². The van der Waals surface area contributed by atoms with Gasteiger partial charge in [-0.1, -0.05) is 132 Å². The first-order chi connectivity index (χ1) is 17.8. The van der Waals surface area contributed by atoms with Crippen molar-refractivity contribution in [3.63, 3.8) is 0 Å². The van der Waals surface area contributed by atoms with Crippen LogP contribution in [0, 0.1) is 6.92 Å². The summed E-state index contributed by atoms with van der Waals surface area (Å²) in [5, 5.41) is 5.66. The molecule has 0 radical (unpaired) electrons. The predicted octanol–water partition coefficient (Wildman–Crippen LogP) is 9.23. The SMILES string of the molecule is CCCCCCCCCCCCCCCCOc1c(C)nn2c(SCCc3ccccc3)nccc12. The van der Waals surface area contributed by atoms with Crippen LogP contribution in [-0.4, -0.2) is 27.0 Å². The normalized spacial score (nSPS) is 11.4. The van der Waals surface area contributed by atoms with E-state index in [1.54, 1.807) is 11.8 Å². The zero-order valence-electron chi connectivity index (χ0n) is 22.7. The largest absolute Gasteiger partial charge is 0.489 e. The van der Waals surface area contributed by atoms with Gasteiger partial charge in [0.2, 0.25) is 0 Å². The fourth-order valence-electron chi connectivity index (χ4n) is 4.70. The van der Waals surface area contributed by atoms with Gasteiger partial charge in [0.05, 0.1) is 6.61 Å². The van der Waals surface area contributed by atoms with Crippen molar-refractivity contribution in [3.8, 4) is 5.75 Å². The highest BCUT2D eigenvalue weighted by molar-refractivity contribution is 7.99. The number of ether oxygens (including phenoxy) is 1. The molecule has 0 N–H and O–H groups in total. The van der Waals surface area contributed by atoms with Crippen LogP contribution in [0.5, 0.6) is 5.75 Å². The highest BCUT2D eigenvalue weighted by Crippen LogP contribution is 2.28. The number of thioether (sulfide) groups is 1. The van der Waals surface area contributed by atoms with E-state index in [1.807, 2.05) is 23.7 Å². The molecule has 198 valence electrons. The first-order valence-electron chi connectivity index (χ1n) is 14.4. The van der Waals surface area contributed by atoms with E-state index in [0.29, 0.717) is 0 Å². The minimum absolute atomic E-state index is 0.763. The molecule has 2 heterocycles. The summed E-state index contributed by atoms with van der Waals surface area (Å²) >= 11 is 1.75. The molecule has 0 aliphatic heterocycles. The van der Waals surface area contributed by atoms with Crippen molar-refractivity contribution < 1.29 is 4.74 Å². The number of benzene rings is 1. The Morgan fingerprint density at radius 3 is 2.03 bits per heavy atom. The highest BCUT2D eigenvalue weighted by atomic mass is 32.2. The lowest BCUT2D eigenvalue weighted by molar-refractivity contribution is 0.305. The molecule has 4 nitrogen and oxygen atoms in total. The van der Waals surface area contributed by atoms with Crippen LogP contribution >= 0.6 is 11.8 Å². The van der Waals surface area contributed by atoms with Crippen LogP contribution in [0.15, 0.2) is 47.8 Å². The van der Waals surface area contributed by atoms with E-state index in [0.717, 1.165) is 47.3 Å². The molecule has 0 fully saturated rings. The van der Waals surface area contributed by atoms with Crippen molar-refractivity contribution in [2.45, 2.75) is 115 Å². The third-order valence-electron chi connectivity index (χ3n) is 6.85.